The van der Waals surface area contributed by atoms with Crippen molar-refractivity contribution in [3.05, 3.63) is 94.7 Å². The second-order valence-corrected chi connectivity index (χ2v) is 7.67. The van der Waals surface area contributed by atoms with Gasteiger partial charge in [0.05, 0.1) is 23.4 Å². The normalized spacial score (nSPS) is 25.0. The molecule has 0 amide bonds. The van der Waals surface area contributed by atoms with Crippen LogP contribution in [0.25, 0.3) is 0 Å². The van der Waals surface area contributed by atoms with Gasteiger partial charge in [-0.3, -0.25) is 0 Å². The van der Waals surface area contributed by atoms with E-state index in [1.807, 2.05) is 48.5 Å². The number of fused-ring (bicyclic) bond motifs is 1. The van der Waals surface area contributed by atoms with Gasteiger partial charge in [0, 0.05) is 5.92 Å². The maximum absolute atomic E-state index is 10.1. The lowest BCUT2D eigenvalue weighted by atomic mass is 9.55. The summed E-state index contributed by atoms with van der Waals surface area (Å²) in [5.41, 5.74) is 8.18. The molecule has 140 valence electrons. The summed E-state index contributed by atoms with van der Waals surface area (Å²) in [6.07, 6.45) is 3.66. The Bertz CT molecular complexity index is 1090. The van der Waals surface area contributed by atoms with Crippen molar-refractivity contribution >= 4 is 0 Å². The van der Waals surface area contributed by atoms with E-state index in [1.54, 1.807) is 0 Å². The Hall–Kier alpha value is -3.81. The minimum atomic E-state index is -1.56. The molecule has 0 heterocycles. The Labute approximate surface area is 170 Å². The first-order chi connectivity index (χ1) is 14.2. The molecule has 2 aromatic carbocycles. The molecular formula is C25H20N4. The summed E-state index contributed by atoms with van der Waals surface area (Å²) in [6, 6.07) is 26.5. The Morgan fingerprint density at radius 2 is 1.45 bits per heavy atom. The summed E-state index contributed by atoms with van der Waals surface area (Å²) < 4.78 is 0. The van der Waals surface area contributed by atoms with Crippen LogP contribution in [0.4, 0.5) is 0 Å². The van der Waals surface area contributed by atoms with Crippen molar-refractivity contribution in [1.29, 1.82) is 15.8 Å². The van der Waals surface area contributed by atoms with E-state index in [1.165, 1.54) is 5.56 Å². The molecule has 2 aromatic rings. The van der Waals surface area contributed by atoms with Crippen molar-refractivity contribution in [2.75, 3.05) is 0 Å². The van der Waals surface area contributed by atoms with Crippen LogP contribution in [-0.2, 0) is 0 Å². The van der Waals surface area contributed by atoms with E-state index in [0.29, 0.717) is 5.57 Å². The van der Waals surface area contributed by atoms with Crippen molar-refractivity contribution in [1.82, 2.24) is 0 Å². The third-order valence-electron chi connectivity index (χ3n) is 6.31. The van der Waals surface area contributed by atoms with Gasteiger partial charge < -0.3 is 5.73 Å². The molecule has 0 unspecified atom stereocenters. The molecule has 0 aromatic heterocycles. The second kappa shape index (κ2) is 7.31. The first-order valence-electron chi connectivity index (χ1n) is 9.69. The van der Waals surface area contributed by atoms with Crippen molar-refractivity contribution < 1.29 is 0 Å². The Kier molecular flexibility index (Phi) is 4.67. The van der Waals surface area contributed by atoms with E-state index in [-0.39, 0.29) is 17.5 Å². The van der Waals surface area contributed by atoms with E-state index >= 15 is 0 Å². The first-order valence-corrected chi connectivity index (χ1v) is 9.69. The fraction of sp³-hybridized carbons (Fsp3) is 0.240. The summed E-state index contributed by atoms with van der Waals surface area (Å²) in [5.74, 6) is -0.281. The summed E-state index contributed by atoms with van der Waals surface area (Å²) in [7, 11) is 0. The number of rotatable bonds is 2. The molecular weight excluding hydrogens is 356 g/mol. The van der Waals surface area contributed by atoms with Gasteiger partial charge in [-0.05, 0) is 41.4 Å². The third kappa shape index (κ3) is 2.80. The predicted molar refractivity (Wildman–Crippen MR) is 110 cm³/mol. The van der Waals surface area contributed by atoms with Crippen LogP contribution in [0.15, 0.2) is 83.6 Å². The molecule has 0 radical (unpaired) electrons. The van der Waals surface area contributed by atoms with E-state index < -0.39 is 11.3 Å². The molecule has 0 fully saturated rings. The van der Waals surface area contributed by atoms with Crippen molar-refractivity contribution in [2.24, 2.45) is 17.1 Å². The number of nitriles is 3. The van der Waals surface area contributed by atoms with Gasteiger partial charge in [-0.15, -0.1) is 0 Å². The van der Waals surface area contributed by atoms with Crippen LogP contribution in [0.2, 0.25) is 0 Å². The number of hydrogen-bond donors (Lipinski definition) is 1. The standard InChI is InChI=1S/C25H20N4/c26-14-22-20-12-11-19(17-7-3-1-4-8-17)13-21(20)23(18-9-5-2-6-10-18)25(15-27,16-28)24(22)29/h1-10,12,19,21,23H,11,13,29H2/t19-,21-,23-/m0/s1. The highest BCUT2D eigenvalue weighted by Crippen LogP contribution is 2.57. The summed E-state index contributed by atoms with van der Waals surface area (Å²) in [5, 5.41) is 30.0. The van der Waals surface area contributed by atoms with Crippen LogP contribution >= 0.6 is 0 Å². The molecule has 0 spiro atoms. The lowest BCUT2D eigenvalue weighted by molar-refractivity contribution is 0.303. The van der Waals surface area contributed by atoms with Gasteiger partial charge in [-0.25, -0.2) is 0 Å². The van der Waals surface area contributed by atoms with E-state index in [0.717, 1.165) is 24.0 Å². The van der Waals surface area contributed by atoms with Gasteiger partial charge in [-0.1, -0.05) is 66.7 Å². The highest BCUT2D eigenvalue weighted by molar-refractivity contribution is 5.59. The minimum absolute atomic E-state index is 0.0829. The van der Waals surface area contributed by atoms with Gasteiger partial charge in [0.25, 0.3) is 0 Å². The first kappa shape index (κ1) is 18.5. The van der Waals surface area contributed by atoms with Crippen molar-refractivity contribution in [3.8, 4) is 18.2 Å². The molecule has 4 rings (SSSR count). The van der Waals surface area contributed by atoms with Gasteiger partial charge in [0.1, 0.15) is 6.07 Å². The number of hydrogen-bond acceptors (Lipinski definition) is 4. The van der Waals surface area contributed by atoms with Gasteiger partial charge in [-0.2, -0.15) is 15.8 Å². The highest BCUT2D eigenvalue weighted by atomic mass is 14.7. The topological polar surface area (TPSA) is 97.4 Å². The highest BCUT2D eigenvalue weighted by Gasteiger charge is 2.54. The molecule has 2 aliphatic rings. The largest absolute Gasteiger partial charge is 0.399 e. The van der Waals surface area contributed by atoms with Crippen molar-refractivity contribution in [2.45, 2.75) is 24.7 Å². The fourth-order valence-corrected chi connectivity index (χ4v) is 4.92. The molecule has 0 saturated carbocycles. The summed E-state index contributed by atoms with van der Waals surface area (Å²) >= 11 is 0. The van der Waals surface area contributed by atoms with Crippen LogP contribution < -0.4 is 5.73 Å². The SMILES string of the molecule is N#CC1=C(N)C(C#N)(C#N)[C@@H](c2ccccc2)[C@H]2C[C@@H](c3ccccc3)CC=C12. The number of nitrogens with zero attached hydrogens (tertiary/aromatic N) is 3. The second-order valence-electron chi connectivity index (χ2n) is 7.67. The van der Waals surface area contributed by atoms with Gasteiger partial charge in [0.15, 0.2) is 5.41 Å². The molecule has 4 heteroatoms. The molecule has 29 heavy (non-hydrogen) atoms. The maximum atomic E-state index is 10.1. The number of benzene rings is 2. The van der Waals surface area contributed by atoms with Crippen LogP contribution in [0, 0.1) is 45.3 Å². The summed E-state index contributed by atoms with van der Waals surface area (Å²) in [6.45, 7) is 0. The minimum Gasteiger partial charge on any atom is -0.399 e. The zero-order chi connectivity index (χ0) is 20.4. The summed E-state index contributed by atoms with van der Waals surface area (Å²) in [4.78, 5) is 0. The molecule has 0 aliphatic heterocycles. The molecule has 2 aliphatic carbocycles. The van der Waals surface area contributed by atoms with Gasteiger partial charge >= 0.3 is 0 Å². The lowest BCUT2D eigenvalue weighted by Gasteiger charge is -2.45. The van der Waals surface area contributed by atoms with Crippen LogP contribution in [0.3, 0.4) is 0 Å². The average molecular weight is 376 g/mol. The van der Waals surface area contributed by atoms with Gasteiger partial charge in [0.2, 0.25) is 0 Å². The zero-order valence-electron chi connectivity index (χ0n) is 15.9. The zero-order valence-corrected chi connectivity index (χ0v) is 15.9. The third-order valence-corrected chi connectivity index (χ3v) is 6.31. The Morgan fingerprint density at radius 1 is 0.862 bits per heavy atom. The molecule has 4 nitrogen and oxygen atoms in total. The predicted octanol–water partition coefficient (Wildman–Crippen LogP) is 4.67. The van der Waals surface area contributed by atoms with Crippen molar-refractivity contribution in [3.63, 3.8) is 0 Å². The molecule has 0 bridgehead atoms. The molecule has 0 saturated heterocycles. The Morgan fingerprint density at radius 3 is 2.00 bits per heavy atom. The maximum Gasteiger partial charge on any atom is 0.191 e. The monoisotopic (exact) mass is 376 g/mol. The fourth-order valence-electron chi connectivity index (χ4n) is 4.92. The quantitative estimate of drug-likeness (QED) is 0.823. The van der Waals surface area contributed by atoms with Crippen LogP contribution in [-0.4, -0.2) is 0 Å². The smallest absolute Gasteiger partial charge is 0.191 e. The molecule has 3 atom stereocenters. The number of nitrogens with two attached hydrogens (primary N) is 1. The number of allylic oxidation sites excluding steroid dienone is 4. The average Bonchev–Trinajstić information content (AvgIpc) is 2.79. The Balaban J connectivity index is 1.93. The van der Waals surface area contributed by atoms with Crippen LogP contribution in [0.1, 0.15) is 35.8 Å². The molecule has 2 N–H and O–H groups in total. The van der Waals surface area contributed by atoms with E-state index in [9.17, 15) is 15.8 Å². The lowest BCUT2D eigenvalue weighted by Crippen LogP contribution is -2.43. The van der Waals surface area contributed by atoms with E-state index in [2.05, 4.69) is 36.4 Å². The van der Waals surface area contributed by atoms with E-state index in [4.69, 9.17) is 5.73 Å². The van der Waals surface area contributed by atoms with Crippen LogP contribution in [0.5, 0.6) is 0 Å².